The summed E-state index contributed by atoms with van der Waals surface area (Å²) in [5, 5.41) is 13.5. The van der Waals surface area contributed by atoms with Gasteiger partial charge in [0.1, 0.15) is 0 Å². The first-order valence-corrected chi connectivity index (χ1v) is 7.78. The Labute approximate surface area is 132 Å². The molecule has 0 aliphatic carbocycles. The fourth-order valence-corrected chi connectivity index (χ4v) is 2.56. The number of rotatable bonds is 4. The van der Waals surface area contributed by atoms with Crippen LogP contribution in [0, 0.1) is 0 Å². The van der Waals surface area contributed by atoms with Crippen LogP contribution in [0.15, 0.2) is 18.2 Å². The Balaban J connectivity index is 2.18. The zero-order valence-corrected chi connectivity index (χ0v) is 13.8. The van der Waals surface area contributed by atoms with Gasteiger partial charge in [-0.1, -0.05) is 17.7 Å². The summed E-state index contributed by atoms with van der Waals surface area (Å²) < 4.78 is 5.52. The van der Waals surface area contributed by atoms with Gasteiger partial charge in [-0.3, -0.25) is 0 Å². The van der Waals surface area contributed by atoms with E-state index in [0.717, 1.165) is 23.8 Å². The molecule has 21 heavy (non-hydrogen) atoms. The van der Waals surface area contributed by atoms with E-state index in [1.807, 2.05) is 12.1 Å². The highest BCUT2D eigenvalue weighted by molar-refractivity contribution is 6.30. The highest BCUT2D eigenvalue weighted by Crippen LogP contribution is 2.27. The van der Waals surface area contributed by atoms with Crippen LogP contribution in [0.2, 0.25) is 5.02 Å². The van der Waals surface area contributed by atoms with Gasteiger partial charge in [-0.15, -0.1) is 0 Å². The van der Waals surface area contributed by atoms with Crippen molar-refractivity contribution < 1.29 is 9.84 Å². The number of halogens is 1. The largest absolute Gasteiger partial charge is 0.394 e. The van der Waals surface area contributed by atoms with E-state index in [0.29, 0.717) is 13.2 Å². The average Bonchev–Trinajstić information content (AvgIpc) is 2.45. The number of aliphatic hydroxyl groups is 1. The Hall–Kier alpha value is -0.810. The molecule has 4 nitrogen and oxygen atoms in total. The molecule has 1 fully saturated rings. The molecule has 0 spiro atoms. The van der Waals surface area contributed by atoms with Crippen molar-refractivity contribution in [2.45, 2.75) is 39.0 Å². The summed E-state index contributed by atoms with van der Waals surface area (Å²) in [6.45, 7) is 9.43. The summed E-state index contributed by atoms with van der Waals surface area (Å²) in [4.78, 5) is 2.25. The van der Waals surface area contributed by atoms with Crippen LogP contribution in [0.4, 0.5) is 5.69 Å². The molecule has 1 aromatic carbocycles. The Morgan fingerprint density at radius 3 is 2.86 bits per heavy atom. The molecule has 1 unspecified atom stereocenters. The molecule has 0 amide bonds. The molecule has 1 aliphatic rings. The summed E-state index contributed by atoms with van der Waals surface area (Å²) in [6, 6.07) is 6.00. The third-order valence-corrected chi connectivity index (χ3v) is 3.77. The second-order valence-corrected chi connectivity index (χ2v) is 6.93. The summed E-state index contributed by atoms with van der Waals surface area (Å²) in [5.74, 6) is 0. The van der Waals surface area contributed by atoms with Gasteiger partial charge in [0.05, 0.1) is 19.3 Å². The lowest BCUT2D eigenvalue weighted by atomic mass is 10.1. The standard InChI is InChI=1S/C16H25ClN2O2/c1-16(2,3)18-9-12-4-5-13(17)8-15(12)19-6-7-21-14(10-19)11-20/h4-5,8,14,18,20H,6-7,9-11H2,1-3H3. The number of anilines is 1. The van der Waals surface area contributed by atoms with Crippen LogP contribution in [0.3, 0.4) is 0 Å². The van der Waals surface area contributed by atoms with Crippen LogP contribution in [0.1, 0.15) is 26.3 Å². The van der Waals surface area contributed by atoms with Crippen LogP contribution in [-0.4, -0.2) is 43.1 Å². The molecular weight excluding hydrogens is 288 g/mol. The number of hydrogen-bond donors (Lipinski definition) is 2. The van der Waals surface area contributed by atoms with E-state index in [9.17, 15) is 5.11 Å². The van der Waals surface area contributed by atoms with Gasteiger partial charge in [0, 0.05) is 35.9 Å². The van der Waals surface area contributed by atoms with E-state index < -0.39 is 0 Å². The predicted molar refractivity (Wildman–Crippen MR) is 87.1 cm³/mol. The number of ether oxygens (including phenoxy) is 1. The van der Waals surface area contributed by atoms with E-state index in [2.05, 4.69) is 37.1 Å². The van der Waals surface area contributed by atoms with Crippen molar-refractivity contribution in [1.29, 1.82) is 0 Å². The first kappa shape index (κ1) is 16.6. The van der Waals surface area contributed by atoms with Gasteiger partial charge in [0.25, 0.3) is 0 Å². The fraction of sp³-hybridized carbons (Fsp3) is 0.625. The van der Waals surface area contributed by atoms with Gasteiger partial charge in [-0.25, -0.2) is 0 Å². The topological polar surface area (TPSA) is 44.7 Å². The van der Waals surface area contributed by atoms with Crippen LogP contribution >= 0.6 is 11.6 Å². The first-order chi connectivity index (χ1) is 9.89. The number of benzene rings is 1. The summed E-state index contributed by atoms with van der Waals surface area (Å²) >= 11 is 6.17. The van der Waals surface area contributed by atoms with Crippen molar-refractivity contribution in [2.24, 2.45) is 0 Å². The molecule has 0 aromatic heterocycles. The third kappa shape index (κ3) is 4.85. The minimum atomic E-state index is -0.124. The fourth-order valence-electron chi connectivity index (χ4n) is 2.39. The van der Waals surface area contributed by atoms with Gasteiger partial charge in [-0.2, -0.15) is 0 Å². The monoisotopic (exact) mass is 312 g/mol. The van der Waals surface area contributed by atoms with Gasteiger partial charge in [-0.05, 0) is 38.5 Å². The minimum Gasteiger partial charge on any atom is -0.394 e. The van der Waals surface area contributed by atoms with Crippen molar-refractivity contribution in [2.75, 3.05) is 31.2 Å². The van der Waals surface area contributed by atoms with Crippen LogP contribution in [0.25, 0.3) is 0 Å². The normalized spacial score (nSPS) is 19.9. The molecular formula is C16H25ClN2O2. The zero-order valence-electron chi connectivity index (χ0n) is 13.0. The molecule has 1 heterocycles. The van der Waals surface area contributed by atoms with Crippen molar-refractivity contribution in [1.82, 2.24) is 5.32 Å². The molecule has 0 radical (unpaired) electrons. The molecule has 1 saturated heterocycles. The molecule has 1 aliphatic heterocycles. The Morgan fingerprint density at radius 2 is 2.19 bits per heavy atom. The second kappa shape index (κ2) is 6.97. The Bertz CT molecular complexity index is 474. The lowest BCUT2D eigenvalue weighted by Crippen LogP contribution is -2.44. The SMILES string of the molecule is CC(C)(C)NCc1ccc(Cl)cc1N1CCOC(CO)C1. The van der Waals surface area contributed by atoms with Crippen molar-refractivity contribution in [3.05, 3.63) is 28.8 Å². The lowest BCUT2D eigenvalue weighted by Gasteiger charge is -2.35. The molecule has 1 atom stereocenters. The number of nitrogens with one attached hydrogen (secondary N) is 1. The van der Waals surface area contributed by atoms with Gasteiger partial charge in [0.15, 0.2) is 0 Å². The van der Waals surface area contributed by atoms with E-state index in [-0.39, 0.29) is 18.2 Å². The van der Waals surface area contributed by atoms with E-state index >= 15 is 0 Å². The van der Waals surface area contributed by atoms with Crippen molar-refractivity contribution in [3.63, 3.8) is 0 Å². The summed E-state index contributed by atoms with van der Waals surface area (Å²) in [5.41, 5.74) is 2.41. The minimum absolute atomic E-state index is 0.0483. The average molecular weight is 313 g/mol. The first-order valence-electron chi connectivity index (χ1n) is 7.40. The molecule has 2 rings (SSSR count). The third-order valence-electron chi connectivity index (χ3n) is 3.54. The molecule has 0 bridgehead atoms. The highest BCUT2D eigenvalue weighted by Gasteiger charge is 2.22. The zero-order chi connectivity index (χ0) is 15.5. The van der Waals surface area contributed by atoms with E-state index in [4.69, 9.17) is 16.3 Å². The molecule has 5 heteroatoms. The highest BCUT2D eigenvalue weighted by atomic mass is 35.5. The van der Waals surface area contributed by atoms with Crippen LogP contribution in [-0.2, 0) is 11.3 Å². The summed E-state index contributed by atoms with van der Waals surface area (Å²) in [7, 11) is 0. The molecule has 2 N–H and O–H groups in total. The number of aliphatic hydroxyl groups excluding tert-OH is 1. The quantitative estimate of drug-likeness (QED) is 0.896. The van der Waals surface area contributed by atoms with Gasteiger partial charge in [0.2, 0.25) is 0 Å². The van der Waals surface area contributed by atoms with Gasteiger partial charge >= 0.3 is 0 Å². The smallest absolute Gasteiger partial charge is 0.0980 e. The van der Waals surface area contributed by atoms with Crippen molar-refractivity contribution >= 4 is 17.3 Å². The number of hydrogen-bond acceptors (Lipinski definition) is 4. The van der Waals surface area contributed by atoms with Gasteiger partial charge < -0.3 is 20.1 Å². The van der Waals surface area contributed by atoms with Crippen LogP contribution < -0.4 is 10.2 Å². The maximum absolute atomic E-state index is 9.30. The lowest BCUT2D eigenvalue weighted by molar-refractivity contribution is 0.00352. The number of morpholine rings is 1. The van der Waals surface area contributed by atoms with Crippen molar-refractivity contribution in [3.8, 4) is 0 Å². The number of nitrogens with zero attached hydrogens (tertiary/aromatic N) is 1. The van der Waals surface area contributed by atoms with E-state index in [1.165, 1.54) is 5.56 Å². The summed E-state index contributed by atoms with van der Waals surface area (Å²) in [6.07, 6.45) is -0.124. The Kier molecular flexibility index (Phi) is 5.49. The second-order valence-electron chi connectivity index (χ2n) is 6.50. The maximum atomic E-state index is 9.30. The van der Waals surface area contributed by atoms with E-state index in [1.54, 1.807) is 0 Å². The maximum Gasteiger partial charge on any atom is 0.0980 e. The predicted octanol–water partition coefficient (Wildman–Crippen LogP) is 2.43. The molecule has 0 saturated carbocycles. The Morgan fingerprint density at radius 1 is 1.43 bits per heavy atom. The molecule has 118 valence electrons. The molecule has 1 aromatic rings. The van der Waals surface area contributed by atoms with Crippen LogP contribution in [0.5, 0.6) is 0 Å².